The van der Waals surface area contributed by atoms with E-state index in [1.54, 1.807) is 24.1 Å². The number of benzene rings is 2. The Morgan fingerprint density at radius 1 is 1.09 bits per heavy atom. The summed E-state index contributed by atoms with van der Waals surface area (Å²) in [6.07, 6.45) is 3.24. The van der Waals surface area contributed by atoms with E-state index >= 15 is 4.39 Å². The van der Waals surface area contributed by atoms with E-state index in [4.69, 9.17) is 38.6 Å². The van der Waals surface area contributed by atoms with Crippen LogP contribution in [0.2, 0.25) is 0 Å². The van der Waals surface area contributed by atoms with E-state index in [-0.39, 0.29) is 30.4 Å². The zero-order valence-corrected chi connectivity index (χ0v) is 32.9. The zero-order chi connectivity index (χ0) is 40.0. The van der Waals surface area contributed by atoms with Crippen LogP contribution < -0.4 is 19.7 Å². The molecule has 0 spiro atoms. The maximum Gasteiger partial charge on any atom is 0.413 e. The molecule has 16 heteroatoms. The number of pyridine rings is 1. The monoisotopic (exact) mass is 801 g/mol. The van der Waals surface area contributed by atoms with Gasteiger partial charge in [0.05, 0.1) is 36.3 Å². The smallest absolute Gasteiger partial charge is 0.413 e. The van der Waals surface area contributed by atoms with E-state index in [0.29, 0.717) is 94.1 Å². The fourth-order valence-corrected chi connectivity index (χ4v) is 9.51. The highest BCUT2D eigenvalue weighted by molar-refractivity contribution is 6.01. The van der Waals surface area contributed by atoms with Crippen LogP contribution in [0, 0.1) is 5.82 Å². The first kappa shape index (κ1) is 38.4. The average Bonchev–Trinajstić information content (AvgIpc) is 3.74. The second-order valence-corrected chi connectivity index (χ2v) is 16.5. The van der Waals surface area contributed by atoms with E-state index in [1.165, 1.54) is 0 Å². The number of alkyl carbamates (subject to hydrolysis) is 1. The number of piperidine rings is 1. The fourth-order valence-electron chi connectivity index (χ4n) is 9.51. The molecule has 2 aromatic heterocycles. The number of amides is 2. The summed E-state index contributed by atoms with van der Waals surface area (Å²) in [6, 6.07) is 9.29. The number of halogens is 2. The molecule has 6 aliphatic rings. The summed E-state index contributed by atoms with van der Waals surface area (Å²) in [5.41, 5.74) is 0.276. The number of nitrogens with one attached hydrogen (secondary N) is 1. The van der Waals surface area contributed by atoms with E-state index in [0.717, 1.165) is 42.1 Å². The number of fused-ring (bicyclic) bond motifs is 7. The predicted molar refractivity (Wildman–Crippen MR) is 210 cm³/mol. The third-order valence-electron chi connectivity index (χ3n) is 12.2. The molecule has 0 aliphatic carbocycles. The molecule has 8 heterocycles. The van der Waals surface area contributed by atoms with Crippen molar-refractivity contribution in [3.63, 3.8) is 0 Å². The van der Waals surface area contributed by atoms with E-state index in [1.807, 2.05) is 36.1 Å². The van der Waals surface area contributed by atoms with Crippen LogP contribution in [-0.4, -0.2) is 126 Å². The number of hydrogen-bond acceptors (Lipinski definition) is 12. The topological polar surface area (TPSA) is 141 Å². The van der Waals surface area contributed by atoms with Crippen LogP contribution in [0.5, 0.6) is 11.8 Å². The molecule has 1 unspecified atom stereocenters. The highest BCUT2D eigenvalue weighted by atomic mass is 19.1. The first-order valence-electron chi connectivity index (χ1n) is 20.4. The summed E-state index contributed by atoms with van der Waals surface area (Å²) in [4.78, 5) is 46.2. The van der Waals surface area contributed by atoms with Crippen molar-refractivity contribution in [1.29, 1.82) is 0 Å². The van der Waals surface area contributed by atoms with Crippen molar-refractivity contribution in [3.05, 3.63) is 47.9 Å². The average molecular weight is 802 g/mol. The molecule has 0 saturated carbocycles. The zero-order valence-electron chi connectivity index (χ0n) is 32.9. The second-order valence-electron chi connectivity index (χ2n) is 16.5. The van der Waals surface area contributed by atoms with Crippen LogP contribution in [0.15, 0.2) is 36.5 Å². The molecule has 4 aromatic rings. The molecular formula is C42H49F2N7O7. The van der Waals surface area contributed by atoms with Gasteiger partial charge in [0.2, 0.25) is 6.29 Å². The van der Waals surface area contributed by atoms with Crippen molar-refractivity contribution >= 4 is 39.7 Å². The molecule has 2 amide bonds. The van der Waals surface area contributed by atoms with Crippen molar-refractivity contribution < 1.29 is 42.1 Å². The Kier molecular flexibility index (Phi) is 10.3. The molecule has 308 valence electrons. The number of alkyl halides is 1. The van der Waals surface area contributed by atoms with Gasteiger partial charge in [0.15, 0.2) is 5.82 Å². The summed E-state index contributed by atoms with van der Waals surface area (Å²) in [5.74, 6) is 0.104. The van der Waals surface area contributed by atoms with Crippen molar-refractivity contribution in [2.45, 2.75) is 82.3 Å². The first-order chi connectivity index (χ1) is 28.1. The normalized spacial score (nSPS) is 25.7. The maximum absolute atomic E-state index is 17.6. The van der Waals surface area contributed by atoms with Crippen molar-refractivity contribution in [2.24, 2.45) is 0 Å². The van der Waals surface area contributed by atoms with E-state index in [2.05, 4.69) is 10.2 Å². The Hall–Kier alpha value is -5.09. The molecule has 0 radical (unpaired) electrons. The van der Waals surface area contributed by atoms with Gasteiger partial charge in [0.25, 0.3) is 0 Å². The molecule has 4 saturated heterocycles. The van der Waals surface area contributed by atoms with Gasteiger partial charge in [-0.1, -0.05) is 18.2 Å². The van der Waals surface area contributed by atoms with Gasteiger partial charge in [-0.3, -0.25) is 9.88 Å². The number of anilines is 1. The van der Waals surface area contributed by atoms with Gasteiger partial charge in [-0.05, 0) is 80.5 Å². The lowest BCUT2D eigenvalue weighted by atomic mass is 9.91. The molecule has 10 rings (SSSR count). The van der Waals surface area contributed by atoms with Gasteiger partial charge in [0, 0.05) is 57.8 Å². The number of carbonyl (C=O) groups excluding carboxylic acids is 2. The largest absolute Gasteiger partial charge is 0.461 e. The van der Waals surface area contributed by atoms with Crippen molar-refractivity contribution in [3.8, 4) is 23.0 Å². The first-order valence-corrected chi connectivity index (χ1v) is 20.4. The van der Waals surface area contributed by atoms with Gasteiger partial charge in [0.1, 0.15) is 35.6 Å². The van der Waals surface area contributed by atoms with E-state index < -0.39 is 41.5 Å². The number of aromatic nitrogens is 3. The predicted octanol–water partition coefficient (Wildman–Crippen LogP) is 6.16. The van der Waals surface area contributed by atoms with Crippen molar-refractivity contribution in [2.75, 3.05) is 70.6 Å². The van der Waals surface area contributed by atoms with E-state index in [9.17, 15) is 14.0 Å². The number of hydrogen-bond donors (Lipinski definition) is 1. The van der Waals surface area contributed by atoms with Crippen LogP contribution in [-0.2, 0) is 20.6 Å². The van der Waals surface area contributed by atoms with Crippen LogP contribution in [0.1, 0.15) is 57.9 Å². The molecule has 14 nitrogen and oxygen atoms in total. The summed E-state index contributed by atoms with van der Waals surface area (Å²) in [6.45, 7) is 7.78. The lowest BCUT2D eigenvalue weighted by Crippen LogP contribution is -2.57. The molecule has 58 heavy (non-hydrogen) atoms. The minimum absolute atomic E-state index is 0.0156. The van der Waals surface area contributed by atoms with Gasteiger partial charge in [-0.15, -0.1) is 0 Å². The van der Waals surface area contributed by atoms with Crippen LogP contribution in [0.25, 0.3) is 32.9 Å². The number of ether oxygens (including phenoxy) is 5. The Bertz CT molecular complexity index is 2230. The molecule has 6 bridgehead atoms. The third kappa shape index (κ3) is 7.51. The van der Waals surface area contributed by atoms with Crippen LogP contribution in [0.3, 0.4) is 0 Å². The van der Waals surface area contributed by atoms with Gasteiger partial charge in [-0.25, -0.2) is 18.4 Å². The SMILES string of the molecule is CC(OC(=O)N1CCOCC1)Oc1cc2c3c(cccc3c1)CCCOC(=O)N[C@]1(C)CCCN(C1)c1nc(OC[C@@]34CCCN3C[C@H](F)C4)nc3c(F)c-2ncc13. The standard InChI is InChI=1S/C42H49F2N7O7/c1-26(58-40(53)49-14-17-54-18-15-49)57-30-19-28-8-3-7-27-9-4-16-55-39(52)48-41(2)10-5-12-50(24-41)37-32-22-45-35(31(20-30)33(27)28)34(44)36(32)46-38(47-37)56-25-42-11-6-13-51(42)23-29(43)21-42/h3,7-8,19-20,22,26,29H,4-6,9-18,21,23-25H2,1-2H3,(H,48,52)/t26?,29-,41-,42+/m1/s1. The minimum atomic E-state index is -0.968. The Morgan fingerprint density at radius 3 is 2.79 bits per heavy atom. The van der Waals surface area contributed by atoms with Crippen LogP contribution in [0.4, 0.5) is 24.2 Å². The number of carbonyl (C=O) groups is 2. The number of nitrogens with zero attached hydrogens (tertiary/aromatic N) is 6. The summed E-state index contributed by atoms with van der Waals surface area (Å²) >= 11 is 0. The highest BCUT2D eigenvalue weighted by Crippen LogP contribution is 2.42. The Labute approximate surface area is 335 Å². The van der Waals surface area contributed by atoms with Gasteiger partial charge >= 0.3 is 18.2 Å². The Balaban J connectivity index is 1.15. The number of aryl methyl sites for hydroxylation is 1. The molecule has 1 N–H and O–H groups in total. The van der Waals surface area contributed by atoms with Crippen molar-refractivity contribution in [1.82, 2.24) is 30.1 Å². The third-order valence-corrected chi connectivity index (χ3v) is 12.2. The van der Waals surface area contributed by atoms with Gasteiger partial charge in [-0.2, -0.15) is 9.97 Å². The number of morpholine rings is 1. The number of rotatable bonds is 6. The lowest BCUT2D eigenvalue weighted by Gasteiger charge is -2.41. The molecule has 4 atom stereocenters. The molecule has 4 fully saturated rings. The summed E-state index contributed by atoms with van der Waals surface area (Å²) < 4.78 is 61.5. The quantitative estimate of drug-likeness (QED) is 0.223. The molecular weight excluding hydrogens is 752 g/mol. The van der Waals surface area contributed by atoms with Crippen LogP contribution >= 0.6 is 0 Å². The second kappa shape index (κ2) is 15.6. The highest BCUT2D eigenvalue weighted by Gasteiger charge is 2.49. The minimum Gasteiger partial charge on any atom is -0.461 e. The Morgan fingerprint density at radius 2 is 1.93 bits per heavy atom. The lowest BCUT2D eigenvalue weighted by molar-refractivity contribution is -0.0458. The summed E-state index contributed by atoms with van der Waals surface area (Å²) in [5, 5.41) is 4.96. The fraction of sp³-hybridized carbons (Fsp3) is 0.548. The van der Waals surface area contributed by atoms with Gasteiger partial charge < -0.3 is 38.8 Å². The summed E-state index contributed by atoms with van der Waals surface area (Å²) in [7, 11) is 0. The molecule has 2 aromatic carbocycles. The molecule has 6 aliphatic heterocycles. The maximum atomic E-state index is 17.6.